The molecule has 0 spiro atoms. The summed E-state index contributed by atoms with van der Waals surface area (Å²) >= 11 is 0. The van der Waals surface area contributed by atoms with E-state index < -0.39 is 0 Å². The summed E-state index contributed by atoms with van der Waals surface area (Å²) in [4.78, 5) is 2.58. The zero-order valence-corrected chi connectivity index (χ0v) is 9.19. The van der Waals surface area contributed by atoms with E-state index in [0.717, 1.165) is 19.1 Å². The number of fused-ring (bicyclic) bond motifs is 1. The number of hydrogen-bond acceptors (Lipinski definition) is 4. The van der Waals surface area contributed by atoms with Gasteiger partial charge in [-0.1, -0.05) is 0 Å². The van der Waals surface area contributed by atoms with Crippen LogP contribution in [0.1, 0.15) is 25.7 Å². The lowest BCUT2D eigenvalue weighted by atomic mass is 10.0. The van der Waals surface area contributed by atoms with Gasteiger partial charge in [0.05, 0.1) is 18.8 Å². The number of hydrazine groups is 1. The predicted molar refractivity (Wildman–Crippen MR) is 58.2 cm³/mol. The van der Waals surface area contributed by atoms with E-state index in [4.69, 9.17) is 10.6 Å². The molecule has 2 saturated heterocycles. The highest BCUT2D eigenvalue weighted by molar-refractivity contribution is 4.95. The standard InChI is InChI=1S/C11H21N3O/c12-13-11(8-3-4-8)10-6-14-5-1-2-9(14)7-15-10/h8-11,13H,1-7,12H2. The fraction of sp³-hybridized carbons (Fsp3) is 1.00. The number of nitrogens with zero attached hydrogens (tertiary/aromatic N) is 1. The van der Waals surface area contributed by atoms with Crippen molar-refractivity contribution in [2.45, 2.75) is 43.9 Å². The second kappa shape index (κ2) is 4.01. The topological polar surface area (TPSA) is 50.5 Å². The lowest BCUT2D eigenvalue weighted by Crippen LogP contribution is -2.56. The third kappa shape index (κ3) is 1.91. The average Bonchev–Trinajstić information content (AvgIpc) is 2.97. The first-order valence-electron chi connectivity index (χ1n) is 6.20. The molecule has 3 rings (SSSR count). The van der Waals surface area contributed by atoms with Crippen LogP contribution in [-0.4, -0.2) is 42.8 Å². The maximum Gasteiger partial charge on any atom is 0.0871 e. The highest BCUT2D eigenvalue weighted by atomic mass is 16.5. The van der Waals surface area contributed by atoms with Crippen LogP contribution in [-0.2, 0) is 4.74 Å². The van der Waals surface area contributed by atoms with Crippen LogP contribution >= 0.6 is 0 Å². The van der Waals surface area contributed by atoms with Crippen molar-refractivity contribution in [2.24, 2.45) is 11.8 Å². The first-order chi connectivity index (χ1) is 7.38. The average molecular weight is 211 g/mol. The smallest absolute Gasteiger partial charge is 0.0871 e. The zero-order valence-electron chi connectivity index (χ0n) is 9.19. The SMILES string of the molecule is NNC(C1CC1)C1CN2CCCC2CO1. The van der Waals surface area contributed by atoms with Gasteiger partial charge in [-0.25, -0.2) is 0 Å². The molecule has 0 radical (unpaired) electrons. The van der Waals surface area contributed by atoms with E-state index >= 15 is 0 Å². The third-order valence-corrected chi connectivity index (χ3v) is 4.14. The predicted octanol–water partition coefficient (Wildman–Crippen LogP) is 0.0915. The third-order valence-electron chi connectivity index (χ3n) is 4.14. The molecule has 86 valence electrons. The molecule has 2 heterocycles. The van der Waals surface area contributed by atoms with Crippen LogP contribution in [0, 0.1) is 5.92 Å². The van der Waals surface area contributed by atoms with Gasteiger partial charge in [0.1, 0.15) is 0 Å². The van der Waals surface area contributed by atoms with E-state index in [1.165, 1.54) is 32.2 Å². The van der Waals surface area contributed by atoms with Gasteiger partial charge < -0.3 is 4.74 Å². The summed E-state index contributed by atoms with van der Waals surface area (Å²) in [5, 5.41) is 0. The van der Waals surface area contributed by atoms with Crippen molar-refractivity contribution < 1.29 is 4.74 Å². The molecular weight excluding hydrogens is 190 g/mol. The molecule has 2 aliphatic heterocycles. The summed E-state index contributed by atoms with van der Waals surface area (Å²) in [7, 11) is 0. The maximum absolute atomic E-state index is 5.96. The molecule has 0 bridgehead atoms. The first kappa shape index (κ1) is 10.0. The minimum Gasteiger partial charge on any atom is -0.374 e. The van der Waals surface area contributed by atoms with Gasteiger partial charge in [-0.15, -0.1) is 0 Å². The van der Waals surface area contributed by atoms with Crippen LogP contribution < -0.4 is 11.3 Å². The Morgan fingerprint density at radius 3 is 2.93 bits per heavy atom. The Hall–Kier alpha value is -0.160. The molecule has 3 fully saturated rings. The van der Waals surface area contributed by atoms with Gasteiger partial charge in [-0.05, 0) is 38.1 Å². The largest absolute Gasteiger partial charge is 0.374 e. The van der Waals surface area contributed by atoms with E-state index in [1.807, 2.05) is 0 Å². The lowest BCUT2D eigenvalue weighted by molar-refractivity contribution is -0.0678. The number of hydrogen-bond donors (Lipinski definition) is 2. The molecule has 15 heavy (non-hydrogen) atoms. The summed E-state index contributed by atoms with van der Waals surface area (Å²) in [5.74, 6) is 6.40. The molecule has 0 aromatic rings. The van der Waals surface area contributed by atoms with Gasteiger partial charge >= 0.3 is 0 Å². The van der Waals surface area contributed by atoms with E-state index in [-0.39, 0.29) is 0 Å². The molecular formula is C11H21N3O. The first-order valence-corrected chi connectivity index (χ1v) is 6.20. The number of rotatable bonds is 3. The molecule has 0 aromatic carbocycles. The Morgan fingerprint density at radius 2 is 2.20 bits per heavy atom. The Bertz CT molecular complexity index is 232. The summed E-state index contributed by atoms with van der Waals surface area (Å²) in [6.07, 6.45) is 5.61. The molecule has 1 aliphatic carbocycles. The van der Waals surface area contributed by atoms with Crippen LogP contribution in [0.25, 0.3) is 0 Å². The molecule has 3 N–H and O–H groups in total. The normalized spacial score (nSPS) is 39.0. The maximum atomic E-state index is 5.96. The van der Waals surface area contributed by atoms with Crippen LogP contribution in [0.4, 0.5) is 0 Å². The second-order valence-corrected chi connectivity index (χ2v) is 5.19. The van der Waals surface area contributed by atoms with Gasteiger partial charge in [0.25, 0.3) is 0 Å². The summed E-state index contributed by atoms with van der Waals surface area (Å²) in [6.45, 7) is 3.25. The van der Waals surface area contributed by atoms with Crippen LogP contribution in [0.15, 0.2) is 0 Å². The van der Waals surface area contributed by atoms with Gasteiger partial charge in [0.2, 0.25) is 0 Å². The summed E-state index contributed by atoms with van der Waals surface area (Å²) in [6, 6.07) is 1.07. The number of nitrogens with two attached hydrogens (primary N) is 1. The molecule has 0 amide bonds. The van der Waals surface area contributed by atoms with Crippen molar-refractivity contribution in [3.63, 3.8) is 0 Å². The minimum atomic E-state index is 0.317. The van der Waals surface area contributed by atoms with Gasteiger partial charge in [0, 0.05) is 12.6 Å². The summed E-state index contributed by atoms with van der Waals surface area (Å²) in [5.41, 5.74) is 2.96. The Kier molecular flexibility index (Phi) is 2.68. The summed E-state index contributed by atoms with van der Waals surface area (Å²) < 4.78 is 5.96. The quantitative estimate of drug-likeness (QED) is 0.513. The Labute approximate surface area is 91.1 Å². The monoisotopic (exact) mass is 211 g/mol. The lowest BCUT2D eigenvalue weighted by Gasteiger charge is -2.38. The van der Waals surface area contributed by atoms with Crippen LogP contribution in [0.2, 0.25) is 0 Å². The van der Waals surface area contributed by atoms with Gasteiger partial charge in [-0.3, -0.25) is 16.2 Å². The molecule has 0 aromatic heterocycles. The second-order valence-electron chi connectivity index (χ2n) is 5.19. The molecule has 4 heteroatoms. The van der Waals surface area contributed by atoms with Crippen LogP contribution in [0.3, 0.4) is 0 Å². The van der Waals surface area contributed by atoms with E-state index in [2.05, 4.69) is 10.3 Å². The van der Waals surface area contributed by atoms with Crippen molar-refractivity contribution in [2.75, 3.05) is 19.7 Å². The van der Waals surface area contributed by atoms with Gasteiger partial charge in [0.15, 0.2) is 0 Å². The van der Waals surface area contributed by atoms with Crippen molar-refractivity contribution in [3.05, 3.63) is 0 Å². The molecule has 3 atom stereocenters. The van der Waals surface area contributed by atoms with E-state index in [1.54, 1.807) is 0 Å². The number of morpholine rings is 1. The van der Waals surface area contributed by atoms with Gasteiger partial charge in [-0.2, -0.15) is 0 Å². The fourth-order valence-electron chi connectivity index (χ4n) is 3.06. The number of ether oxygens (including phenoxy) is 1. The molecule has 1 saturated carbocycles. The fourth-order valence-corrected chi connectivity index (χ4v) is 3.06. The van der Waals surface area contributed by atoms with E-state index in [9.17, 15) is 0 Å². The van der Waals surface area contributed by atoms with Crippen molar-refractivity contribution >= 4 is 0 Å². The van der Waals surface area contributed by atoms with Crippen molar-refractivity contribution in [1.29, 1.82) is 0 Å². The molecule has 3 unspecified atom stereocenters. The van der Waals surface area contributed by atoms with Crippen molar-refractivity contribution in [1.82, 2.24) is 10.3 Å². The zero-order chi connectivity index (χ0) is 10.3. The molecule has 4 nitrogen and oxygen atoms in total. The minimum absolute atomic E-state index is 0.317. The van der Waals surface area contributed by atoms with Crippen molar-refractivity contribution in [3.8, 4) is 0 Å². The Balaban J connectivity index is 1.61. The highest BCUT2D eigenvalue weighted by Crippen LogP contribution is 2.36. The highest BCUT2D eigenvalue weighted by Gasteiger charge is 2.41. The van der Waals surface area contributed by atoms with E-state index in [0.29, 0.717) is 18.2 Å². The number of nitrogens with one attached hydrogen (secondary N) is 1. The van der Waals surface area contributed by atoms with Crippen LogP contribution in [0.5, 0.6) is 0 Å². The molecule has 3 aliphatic rings. The Morgan fingerprint density at radius 1 is 1.33 bits per heavy atom.